The van der Waals surface area contributed by atoms with Crippen molar-refractivity contribution in [2.45, 2.75) is 6.18 Å². The van der Waals surface area contributed by atoms with E-state index in [1.54, 1.807) is 72.8 Å². The third-order valence-electron chi connectivity index (χ3n) is 4.99. The molecule has 5 aromatic rings. The van der Waals surface area contributed by atoms with E-state index < -0.39 is 12.0 Å². The van der Waals surface area contributed by atoms with Gasteiger partial charge in [0.1, 0.15) is 0 Å². The van der Waals surface area contributed by atoms with E-state index >= 15 is 0 Å². The minimum absolute atomic E-state index is 0.192. The number of para-hydroxylation sites is 2. The van der Waals surface area contributed by atoms with Crippen molar-refractivity contribution in [3.05, 3.63) is 95.8 Å². The zero-order chi connectivity index (χ0) is 20.2. The summed E-state index contributed by atoms with van der Waals surface area (Å²) >= 11 is 0. The van der Waals surface area contributed by atoms with E-state index in [0.717, 1.165) is 4.40 Å². The molecule has 0 aliphatic carbocycles. The van der Waals surface area contributed by atoms with Crippen LogP contribution < -0.4 is 0 Å². The molecule has 0 radical (unpaired) electrons. The third-order valence-corrected chi connectivity index (χ3v) is 4.99. The van der Waals surface area contributed by atoms with Crippen molar-refractivity contribution in [2.75, 3.05) is 0 Å². The second-order valence-electron chi connectivity index (χ2n) is 6.72. The standard InChI is InChI=1S/C23H13F3N2O/c24-23(25,26)22-27-17-12-6-4-10-15(17)20-19(21(29)14-8-2-1-3-9-14)16-11-5-7-13-18(16)28(20)22/h1-13H. The smallest absolute Gasteiger partial charge is 0.289 e. The first-order valence-electron chi connectivity index (χ1n) is 8.95. The monoisotopic (exact) mass is 390 g/mol. The number of benzene rings is 3. The Balaban J connectivity index is 2.04. The Kier molecular flexibility index (Phi) is 3.71. The molecule has 3 nitrogen and oxygen atoms in total. The summed E-state index contributed by atoms with van der Waals surface area (Å²) in [5.74, 6) is -1.37. The number of hydrogen-bond acceptors (Lipinski definition) is 2. The number of halogens is 3. The van der Waals surface area contributed by atoms with Gasteiger partial charge in [-0.3, -0.25) is 9.20 Å². The number of aromatic nitrogens is 2. The Labute approximate surface area is 163 Å². The Morgan fingerprint density at radius 2 is 1.41 bits per heavy atom. The first kappa shape index (κ1) is 17.4. The highest BCUT2D eigenvalue weighted by Gasteiger charge is 2.38. The molecule has 0 unspecified atom stereocenters. The summed E-state index contributed by atoms with van der Waals surface area (Å²) in [5, 5.41) is 0.959. The number of carbonyl (C=O) groups is 1. The number of fused-ring (bicyclic) bond motifs is 5. The van der Waals surface area contributed by atoms with Crippen LogP contribution in [0, 0.1) is 0 Å². The summed E-state index contributed by atoms with van der Waals surface area (Å²) in [6, 6.07) is 21.8. The molecule has 142 valence electrons. The van der Waals surface area contributed by atoms with Crippen LogP contribution in [0.4, 0.5) is 13.2 Å². The molecule has 2 heterocycles. The molecule has 0 bridgehead atoms. The van der Waals surface area contributed by atoms with Gasteiger partial charge in [0.2, 0.25) is 5.82 Å². The van der Waals surface area contributed by atoms with E-state index in [-0.39, 0.29) is 22.4 Å². The van der Waals surface area contributed by atoms with Crippen molar-refractivity contribution in [1.82, 2.24) is 9.38 Å². The van der Waals surface area contributed by atoms with Crippen LogP contribution in [0.15, 0.2) is 78.9 Å². The zero-order valence-corrected chi connectivity index (χ0v) is 14.9. The minimum Gasteiger partial charge on any atom is -0.289 e. The van der Waals surface area contributed by atoms with E-state index in [1.807, 2.05) is 0 Å². The molecule has 0 amide bonds. The van der Waals surface area contributed by atoms with Gasteiger partial charge in [0.05, 0.1) is 22.1 Å². The number of carbonyl (C=O) groups excluding carboxylic acids is 1. The van der Waals surface area contributed by atoms with Crippen LogP contribution in [0.3, 0.4) is 0 Å². The summed E-state index contributed by atoms with van der Waals surface area (Å²) in [6.45, 7) is 0. The summed E-state index contributed by atoms with van der Waals surface area (Å²) in [5.41, 5.74) is 1.37. The quantitative estimate of drug-likeness (QED) is 0.352. The number of rotatable bonds is 2. The molecule has 0 aliphatic rings. The highest BCUT2D eigenvalue weighted by Crippen LogP contribution is 2.38. The molecule has 0 saturated carbocycles. The molecule has 3 aromatic carbocycles. The van der Waals surface area contributed by atoms with Crippen molar-refractivity contribution >= 4 is 33.1 Å². The van der Waals surface area contributed by atoms with Crippen LogP contribution in [0.25, 0.3) is 27.3 Å². The van der Waals surface area contributed by atoms with Gasteiger partial charge in [0, 0.05) is 16.3 Å². The van der Waals surface area contributed by atoms with E-state index in [0.29, 0.717) is 21.9 Å². The highest BCUT2D eigenvalue weighted by atomic mass is 19.4. The van der Waals surface area contributed by atoms with Gasteiger partial charge >= 0.3 is 6.18 Å². The van der Waals surface area contributed by atoms with E-state index in [1.165, 1.54) is 6.07 Å². The third kappa shape index (κ3) is 2.60. The van der Waals surface area contributed by atoms with Crippen LogP contribution in [-0.4, -0.2) is 15.2 Å². The predicted molar refractivity (Wildman–Crippen MR) is 105 cm³/mol. The van der Waals surface area contributed by atoms with Gasteiger partial charge in [0.25, 0.3) is 0 Å². The van der Waals surface area contributed by atoms with Crippen LogP contribution >= 0.6 is 0 Å². The average molecular weight is 390 g/mol. The topological polar surface area (TPSA) is 34.4 Å². The van der Waals surface area contributed by atoms with Gasteiger partial charge in [-0.2, -0.15) is 13.2 Å². The second kappa shape index (κ2) is 6.17. The van der Waals surface area contributed by atoms with Crippen LogP contribution in [-0.2, 0) is 6.18 Å². The average Bonchev–Trinajstić information content (AvgIpc) is 3.08. The second-order valence-corrected chi connectivity index (χ2v) is 6.72. The lowest BCUT2D eigenvalue weighted by molar-refractivity contribution is -0.145. The molecular weight excluding hydrogens is 377 g/mol. The van der Waals surface area contributed by atoms with Gasteiger partial charge in [-0.05, 0) is 12.1 Å². The van der Waals surface area contributed by atoms with Gasteiger partial charge in [-0.25, -0.2) is 4.98 Å². The SMILES string of the molecule is O=C(c1ccccc1)c1c2ccccc2n2c(C(F)(F)F)nc3ccccc3c12. The van der Waals surface area contributed by atoms with Crippen molar-refractivity contribution in [3.8, 4) is 0 Å². The summed E-state index contributed by atoms with van der Waals surface area (Å²) in [7, 11) is 0. The molecule has 2 aromatic heterocycles. The number of ketones is 1. The maximum atomic E-state index is 13.9. The first-order valence-corrected chi connectivity index (χ1v) is 8.95. The Hall–Kier alpha value is -3.67. The number of nitrogens with zero attached hydrogens (tertiary/aromatic N) is 2. The van der Waals surface area contributed by atoms with Crippen molar-refractivity contribution < 1.29 is 18.0 Å². The normalized spacial score (nSPS) is 12.1. The van der Waals surface area contributed by atoms with Gasteiger partial charge in [0.15, 0.2) is 5.78 Å². The molecule has 5 rings (SSSR count). The summed E-state index contributed by atoms with van der Waals surface area (Å²) < 4.78 is 42.9. The van der Waals surface area contributed by atoms with Crippen LogP contribution in [0.2, 0.25) is 0 Å². The Morgan fingerprint density at radius 1 is 0.793 bits per heavy atom. The lowest BCUT2D eigenvalue weighted by atomic mass is 9.99. The number of alkyl halides is 3. The highest BCUT2D eigenvalue weighted by molar-refractivity contribution is 6.25. The van der Waals surface area contributed by atoms with Crippen LogP contribution in [0.5, 0.6) is 0 Å². The largest absolute Gasteiger partial charge is 0.450 e. The van der Waals surface area contributed by atoms with Gasteiger partial charge in [-0.1, -0.05) is 66.7 Å². The molecule has 29 heavy (non-hydrogen) atoms. The molecular formula is C23H13F3N2O. The van der Waals surface area contributed by atoms with Crippen molar-refractivity contribution in [3.63, 3.8) is 0 Å². The predicted octanol–water partition coefficient (Wildman–Crippen LogP) is 5.89. The lowest BCUT2D eigenvalue weighted by Gasteiger charge is -2.13. The maximum absolute atomic E-state index is 13.9. The summed E-state index contributed by atoms with van der Waals surface area (Å²) in [6.07, 6.45) is -4.68. The molecule has 0 N–H and O–H groups in total. The molecule has 0 atom stereocenters. The van der Waals surface area contributed by atoms with E-state index in [9.17, 15) is 18.0 Å². The fraction of sp³-hybridized carbons (Fsp3) is 0.0435. The van der Waals surface area contributed by atoms with Crippen molar-refractivity contribution in [2.24, 2.45) is 0 Å². The minimum atomic E-state index is -4.68. The maximum Gasteiger partial charge on any atom is 0.450 e. The fourth-order valence-corrected chi connectivity index (χ4v) is 3.80. The van der Waals surface area contributed by atoms with E-state index in [2.05, 4.69) is 4.98 Å². The van der Waals surface area contributed by atoms with E-state index in [4.69, 9.17) is 0 Å². The molecule has 0 saturated heterocycles. The van der Waals surface area contributed by atoms with Crippen LogP contribution in [0.1, 0.15) is 21.7 Å². The lowest BCUT2D eigenvalue weighted by Crippen LogP contribution is -2.15. The Bertz CT molecular complexity index is 1400. The Morgan fingerprint density at radius 3 is 2.14 bits per heavy atom. The molecule has 0 aliphatic heterocycles. The zero-order valence-electron chi connectivity index (χ0n) is 14.9. The van der Waals surface area contributed by atoms with Gasteiger partial charge in [-0.15, -0.1) is 0 Å². The first-order chi connectivity index (χ1) is 14.0. The molecule has 0 fully saturated rings. The number of hydrogen-bond donors (Lipinski definition) is 0. The molecule has 6 heteroatoms. The molecule has 0 spiro atoms. The fourth-order valence-electron chi connectivity index (χ4n) is 3.80. The summed E-state index contributed by atoms with van der Waals surface area (Å²) in [4.78, 5) is 17.3. The van der Waals surface area contributed by atoms with Crippen molar-refractivity contribution in [1.29, 1.82) is 0 Å². The van der Waals surface area contributed by atoms with Gasteiger partial charge < -0.3 is 0 Å².